The van der Waals surface area contributed by atoms with Crippen LogP contribution in [-0.4, -0.2) is 25.8 Å². The molecule has 0 aliphatic heterocycles. The summed E-state index contributed by atoms with van der Waals surface area (Å²) in [4.78, 5) is 11.6. The number of urea groups is 1. The Labute approximate surface area is 112 Å². The number of nitrogens with one attached hydrogen (secondary N) is 2. The summed E-state index contributed by atoms with van der Waals surface area (Å²) in [7, 11) is 0. The zero-order valence-corrected chi connectivity index (χ0v) is 11.0. The third-order valence-electron chi connectivity index (χ3n) is 2.74. The van der Waals surface area contributed by atoms with E-state index in [9.17, 15) is 4.79 Å². The van der Waals surface area contributed by atoms with Crippen LogP contribution in [0.15, 0.2) is 42.5 Å². The number of ether oxygens (including phenoxy) is 1. The summed E-state index contributed by atoms with van der Waals surface area (Å²) in [5.74, 6) is 0. The molecule has 0 aliphatic carbocycles. The van der Waals surface area contributed by atoms with E-state index >= 15 is 0 Å². The maximum absolute atomic E-state index is 11.6. The van der Waals surface area contributed by atoms with Crippen LogP contribution in [-0.2, 0) is 4.74 Å². The van der Waals surface area contributed by atoms with Crippen LogP contribution in [0.4, 0.5) is 10.5 Å². The van der Waals surface area contributed by atoms with E-state index < -0.39 is 0 Å². The lowest BCUT2D eigenvalue weighted by atomic mass is 10.1. The topological polar surface area (TPSA) is 50.4 Å². The normalized spacial score (nSPS) is 10.4. The van der Waals surface area contributed by atoms with Crippen LogP contribution >= 0.6 is 0 Å². The van der Waals surface area contributed by atoms with Crippen LogP contribution < -0.4 is 10.6 Å². The van der Waals surface area contributed by atoms with E-state index in [4.69, 9.17) is 4.74 Å². The van der Waals surface area contributed by atoms with E-state index in [1.54, 1.807) is 0 Å². The lowest BCUT2D eigenvalue weighted by Crippen LogP contribution is -2.31. The number of benzene rings is 2. The van der Waals surface area contributed by atoms with Gasteiger partial charge in [0.15, 0.2) is 0 Å². The molecule has 4 heteroatoms. The first-order valence-corrected chi connectivity index (χ1v) is 6.41. The van der Waals surface area contributed by atoms with E-state index in [-0.39, 0.29) is 6.03 Å². The predicted molar refractivity (Wildman–Crippen MR) is 77.5 cm³/mol. The molecular weight excluding hydrogens is 240 g/mol. The molecule has 4 nitrogen and oxygen atoms in total. The molecule has 19 heavy (non-hydrogen) atoms. The molecule has 0 fully saturated rings. The highest BCUT2D eigenvalue weighted by atomic mass is 16.5. The molecule has 0 spiro atoms. The molecule has 2 aromatic carbocycles. The fraction of sp³-hybridized carbons (Fsp3) is 0.267. The van der Waals surface area contributed by atoms with E-state index in [2.05, 4.69) is 10.6 Å². The predicted octanol–water partition coefficient (Wildman–Crippen LogP) is 3.00. The van der Waals surface area contributed by atoms with Gasteiger partial charge in [-0.1, -0.05) is 30.3 Å². The fourth-order valence-electron chi connectivity index (χ4n) is 1.82. The van der Waals surface area contributed by atoms with E-state index in [1.807, 2.05) is 49.4 Å². The van der Waals surface area contributed by atoms with Gasteiger partial charge >= 0.3 is 6.03 Å². The average molecular weight is 258 g/mol. The van der Waals surface area contributed by atoms with Crippen molar-refractivity contribution >= 4 is 22.5 Å². The van der Waals surface area contributed by atoms with Crippen LogP contribution in [0.2, 0.25) is 0 Å². The second kappa shape index (κ2) is 6.75. The smallest absolute Gasteiger partial charge is 0.319 e. The van der Waals surface area contributed by atoms with Crippen molar-refractivity contribution < 1.29 is 9.53 Å². The largest absolute Gasteiger partial charge is 0.380 e. The zero-order valence-electron chi connectivity index (χ0n) is 11.0. The first-order chi connectivity index (χ1) is 9.29. The third-order valence-corrected chi connectivity index (χ3v) is 2.74. The van der Waals surface area contributed by atoms with Gasteiger partial charge in [-0.3, -0.25) is 0 Å². The number of hydrogen-bond donors (Lipinski definition) is 2. The number of amides is 2. The van der Waals surface area contributed by atoms with E-state index in [0.29, 0.717) is 19.8 Å². The Bertz CT molecular complexity index is 555. The van der Waals surface area contributed by atoms with Crippen molar-refractivity contribution in [2.75, 3.05) is 25.1 Å². The molecule has 0 saturated carbocycles. The average Bonchev–Trinajstić information content (AvgIpc) is 2.43. The SMILES string of the molecule is CCOCCNC(=O)Nc1ccc2ccccc2c1. The van der Waals surface area contributed by atoms with Crippen LogP contribution in [0.3, 0.4) is 0 Å². The molecule has 0 aromatic heterocycles. The fourth-order valence-corrected chi connectivity index (χ4v) is 1.82. The van der Waals surface area contributed by atoms with Crippen LogP contribution in [0.1, 0.15) is 6.92 Å². The molecule has 0 saturated heterocycles. The van der Waals surface area contributed by atoms with Gasteiger partial charge in [0.2, 0.25) is 0 Å². The summed E-state index contributed by atoms with van der Waals surface area (Å²) < 4.78 is 5.15. The van der Waals surface area contributed by atoms with Crippen LogP contribution in [0.25, 0.3) is 10.8 Å². The van der Waals surface area contributed by atoms with Gasteiger partial charge in [-0.15, -0.1) is 0 Å². The summed E-state index contributed by atoms with van der Waals surface area (Å²) in [6.45, 7) is 3.62. The highest BCUT2D eigenvalue weighted by Crippen LogP contribution is 2.18. The van der Waals surface area contributed by atoms with Crippen molar-refractivity contribution in [1.82, 2.24) is 5.32 Å². The molecule has 0 atom stereocenters. The molecule has 2 rings (SSSR count). The van der Waals surface area contributed by atoms with Crippen molar-refractivity contribution in [2.24, 2.45) is 0 Å². The van der Waals surface area contributed by atoms with Gasteiger partial charge in [0.1, 0.15) is 0 Å². The van der Waals surface area contributed by atoms with Gasteiger partial charge in [-0.25, -0.2) is 4.79 Å². The molecule has 0 bridgehead atoms. The standard InChI is InChI=1S/C15H18N2O2/c1-2-19-10-9-16-15(18)17-14-8-7-12-5-3-4-6-13(12)11-14/h3-8,11H,2,9-10H2,1H3,(H2,16,17,18). The maximum Gasteiger partial charge on any atom is 0.319 e. The molecule has 0 aliphatic rings. The highest BCUT2D eigenvalue weighted by Gasteiger charge is 2.01. The summed E-state index contributed by atoms with van der Waals surface area (Å²) in [5.41, 5.74) is 0.785. The van der Waals surface area contributed by atoms with E-state index in [0.717, 1.165) is 16.5 Å². The lowest BCUT2D eigenvalue weighted by Gasteiger charge is -2.08. The Hall–Kier alpha value is -2.07. The van der Waals surface area contributed by atoms with Gasteiger partial charge in [0.25, 0.3) is 0 Å². The lowest BCUT2D eigenvalue weighted by molar-refractivity contribution is 0.150. The minimum Gasteiger partial charge on any atom is -0.380 e. The number of fused-ring (bicyclic) bond motifs is 1. The molecule has 100 valence electrons. The molecular formula is C15H18N2O2. The molecule has 0 heterocycles. The molecule has 2 N–H and O–H groups in total. The van der Waals surface area contributed by atoms with Crippen molar-refractivity contribution in [3.63, 3.8) is 0 Å². The molecule has 2 aromatic rings. The monoisotopic (exact) mass is 258 g/mol. The Morgan fingerprint density at radius 1 is 1.16 bits per heavy atom. The summed E-state index contributed by atoms with van der Waals surface area (Å²) in [6.07, 6.45) is 0. The number of carbonyl (C=O) groups excluding carboxylic acids is 1. The minimum absolute atomic E-state index is 0.213. The Morgan fingerprint density at radius 3 is 2.74 bits per heavy atom. The number of rotatable bonds is 5. The Balaban J connectivity index is 1.91. The van der Waals surface area contributed by atoms with Crippen molar-refractivity contribution in [1.29, 1.82) is 0 Å². The first kappa shape index (κ1) is 13.4. The Morgan fingerprint density at radius 2 is 1.95 bits per heavy atom. The second-order valence-electron chi connectivity index (χ2n) is 4.14. The molecule has 0 radical (unpaired) electrons. The highest BCUT2D eigenvalue weighted by molar-refractivity contribution is 5.93. The summed E-state index contributed by atoms with van der Waals surface area (Å²) in [5, 5.41) is 7.81. The minimum atomic E-state index is -0.213. The quantitative estimate of drug-likeness (QED) is 0.810. The maximum atomic E-state index is 11.6. The molecule has 2 amide bonds. The Kier molecular flexibility index (Phi) is 4.75. The van der Waals surface area contributed by atoms with Crippen molar-refractivity contribution in [3.05, 3.63) is 42.5 Å². The van der Waals surface area contributed by atoms with Gasteiger partial charge in [-0.2, -0.15) is 0 Å². The molecule has 0 unspecified atom stereocenters. The first-order valence-electron chi connectivity index (χ1n) is 6.41. The second-order valence-corrected chi connectivity index (χ2v) is 4.14. The van der Waals surface area contributed by atoms with Crippen LogP contribution in [0.5, 0.6) is 0 Å². The number of hydrogen-bond acceptors (Lipinski definition) is 2. The number of anilines is 1. The van der Waals surface area contributed by atoms with Crippen LogP contribution in [0, 0.1) is 0 Å². The van der Waals surface area contributed by atoms with Gasteiger partial charge < -0.3 is 15.4 Å². The summed E-state index contributed by atoms with van der Waals surface area (Å²) >= 11 is 0. The van der Waals surface area contributed by atoms with Gasteiger partial charge in [0, 0.05) is 18.8 Å². The van der Waals surface area contributed by atoms with Gasteiger partial charge in [-0.05, 0) is 29.8 Å². The zero-order chi connectivity index (χ0) is 13.5. The number of carbonyl (C=O) groups is 1. The summed E-state index contributed by atoms with van der Waals surface area (Å²) in [6, 6.07) is 13.7. The van der Waals surface area contributed by atoms with Gasteiger partial charge in [0.05, 0.1) is 6.61 Å². The van der Waals surface area contributed by atoms with Crippen molar-refractivity contribution in [3.8, 4) is 0 Å². The third kappa shape index (κ3) is 3.96. The van der Waals surface area contributed by atoms with E-state index in [1.165, 1.54) is 0 Å². The van der Waals surface area contributed by atoms with Crippen molar-refractivity contribution in [2.45, 2.75) is 6.92 Å².